The Morgan fingerprint density at radius 2 is 2.05 bits per heavy atom. The zero-order chi connectivity index (χ0) is 14.2. The number of rotatable bonds is 3. The normalized spacial score (nSPS) is 12.0. The molecule has 0 atom stereocenters. The summed E-state index contributed by atoms with van der Waals surface area (Å²) >= 11 is 5.18. The SMILES string of the molecule is CC(C)n1c(-c2cccc(S(C)(=O)=O)c2)n[nH]c1=S. The summed E-state index contributed by atoms with van der Waals surface area (Å²) in [4.78, 5) is 0.272. The summed E-state index contributed by atoms with van der Waals surface area (Å²) < 4.78 is 25.6. The van der Waals surface area contributed by atoms with Gasteiger partial charge in [0.05, 0.1) is 4.90 Å². The highest BCUT2D eigenvalue weighted by molar-refractivity contribution is 7.90. The van der Waals surface area contributed by atoms with E-state index in [0.717, 1.165) is 5.56 Å². The predicted octanol–water partition coefficient (Wildman–Crippen LogP) is 2.59. The van der Waals surface area contributed by atoms with Crippen LogP contribution in [0.2, 0.25) is 0 Å². The molecule has 7 heteroatoms. The van der Waals surface area contributed by atoms with E-state index in [0.29, 0.717) is 10.6 Å². The standard InChI is InChI=1S/C12H15N3O2S2/c1-8(2)15-11(13-14-12(15)18)9-5-4-6-10(7-9)19(3,16)17/h4-8H,1-3H3,(H,14,18). The van der Waals surface area contributed by atoms with Crippen molar-refractivity contribution >= 4 is 22.1 Å². The number of H-pyrrole nitrogens is 1. The molecule has 1 N–H and O–H groups in total. The first-order valence-corrected chi connectivity index (χ1v) is 8.08. The molecule has 1 aromatic carbocycles. The molecule has 1 heterocycles. The third-order valence-corrected chi connectivity index (χ3v) is 4.14. The van der Waals surface area contributed by atoms with Gasteiger partial charge in [0.2, 0.25) is 0 Å². The van der Waals surface area contributed by atoms with Gasteiger partial charge in [-0.1, -0.05) is 12.1 Å². The molecular formula is C12H15N3O2S2. The Morgan fingerprint density at radius 3 is 2.63 bits per heavy atom. The fraction of sp³-hybridized carbons (Fsp3) is 0.333. The molecule has 2 aromatic rings. The van der Waals surface area contributed by atoms with E-state index < -0.39 is 9.84 Å². The number of hydrogen-bond donors (Lipinski definition) is 1. The molecule has 0 aliphatic rings. The summed E-state index contributed by atoms with van der Waals surface area (Å²) in [6.45, 7) is 3.99. The van der Waals surface area contributed by atoms with Gasteiger partial charge in [0.25, 0.3) is 0 Å². The Morgan fingerprint density at radius 1 is 1.37 bits per heavy atom. The summed E-state index contributed by atoms with van der Waals surface area (Å²) in [5, 5.41) is 6.92. The minimum absolute atomic E-state index is 0.142. The lowest BCUT2D eigenvalue weighted by Gasteiger charge is -2.10. The van der Waals surface area contributed by atoms with Crippen LogP contribution in [0, 0.1) is 4.77 Å². The monoisotopic (exact) mass is 297 g/mol. The van der Waals surface area contributed by atoms with E-state index in [-0.39, 0.29) is 10.9 Å². The zero-order valence-corrected chi connectivity index (χ0v) is 12.5. The fourth-order valence-corrected chi connectivity index (χ4v) is 2.86. The minimum atomic E-state index is -3.23. The van der Waals surface area contributed by atoms with Crippen molar-refractivity contribution in [3.63, 3.8) is 0 Å². The van der Waals surface area contributed by atoms with Gasteiger partial charge >= 0.3 is 0 Å². The van der Waals surface area contributed by atoms with E-state index in [1.54, 1.807) is 18.2 Å². The van der Waals surface area contributed by atoms with Crippen molar-refractivity contribution < 1.29 is 8.42 Å². The molecule has 0 unspecified atom stereocenters. The molecule has 0 fully saturated rings. The van der Waals surface area contributed by atoms with Gasteiger partial charge < -0.3 is 0 Å². The topological polar surface area (TPSA) is 67.8 Å². The third-order valence-electron chi connectivity index (χ3n) is 2.74. The Labute approximate surface area is 117 Å². The van der Waals surface area contributed by atoms with Crippen LogP contribution >= 0.6 is 12.2 Å². The number of benzene rings is 1. The molecular weight excluding hydrogens is 282 g/mol. The Hall–Kier alpha value is -1.47. The number of nitrogens with one attached hydrogen (secondary N) is 1. The quantitative estimate of drug-likeness (QED) is 0.884. The fourth-order valence-electron chi connectivity index (χ4n) is 1.85. The number of sulfone groups is 1. The summed E-state index contributed by atoms with van der Waals surface area (Å²) in [7, 11) is -3.23. The lowest BCUT2D eigenvalue weighted by atomic mass is 10.2. The first-order valence-electron chi connectivity index (χ1n) is 5.78. The maximum atomic E-state index is 11.6. The van der Waals surface area contributed by atoms with Crippen molar-refractivity contribution in [3.05, 3.63) is 29.0 Å². The van der Waals surface area contributed by atoms with E-state index in [9.17, 15) is 8.42 Å². The summed E-state index contributed by atoms with van der Waals surface area (Å²) in [5.41, 5.74) is 0.726. The second-order valence-electron chi connectivity index (χ2n) is 4.62. The summed E-state index contributed by atoms with van der Waals surface area (Å²) in [6, 6.07) is 6.84. The van der Waals surface area contributed by atoms with E-state index in [1.165, 1.54) is 6.26 Å². The van der Waals surface area contributed by atoms with Crippen LogP contribution in [-0.4, -0.2) is 29.4 Å². The minimum Gasteiger partial charge on any atom is -0.298 e. The largest absolute Gasteiger partial charge is 0.298 e. The first kappa shape index (κ1) is 14.0. The van der Waals surface area contributed by atoms with Crippen molar-refractivity contribution in [2.75, 3.05) is 6.26 Å². The highest BCUT2D eigenvalue weighted by Gasteiger charge is 2.14. The lowest BCUT2D eigenvalue weighted by molar-refractivity contribution is 0.596. The molecule has 0 aliphatic carbocycles. The van der Waals surface area contributed by atoms with Crippen LogP contribution in [-0.2, 0) is 9.84 Å². The Bertz CT molecular complexity index is 757. The highest BCUT2D eigenvalue weighted by atomic mass is 32.2. The van der Waals surface area contributed by atoms with Crippen LogP contribution in [0.5, 0.6) is 0 Å². The van der Waals surface area contributed by atoms with Gasteiger partial charge in [-0.2, -0.15) is 5.10 Å². The van der Waals surface area contributed by atoms with Crippen LogP contribution in [0.1, 0.15) is 19.9 Å². The molecule has 0 amide bonds. The van der Waals surface area contributed by atoms with Crippen molar-refractivity contribution in [3.8, 4) is 11.4 Å². The van der Waals surface area contributed by atoms with E-state index in [4.69, 9.17) is 12.2 Å². The average Bonchev–Trinajstić information content (AvgIpc) is 2.70. The van der Waals surface area contributed by atoms with Crippen LogP contribution in [0.15, 0.2) is 29.2 Å². The second kappa shape index (κ2) is 4.90. The van der Waals surface area contributed by atoms with Gasteiger partial charge in [-0.25, -0.2) is 8.42 Å². The van der Waals surface area contributed by atoms with Gasteiger partial charge in [-0.3, -0.25) is 9.67 Å². The highest BCUT2D eigenvalue weighted by Crippen LogP contribution is 2.23. The second-order valence-corrected chi connectivity index (χ2v) is 7.02. The Balaban J connectivity index is 2.64. The van der Waals surface area contributed by atoms with Crippen molar-refractivity contribution in [2.45, 2.75) is 24.8 Å². The van der Waals surface area contributed by atoms with E-state index in [2.05, 4.69) is 10.2 Å². The number of nitrogens with zero attached hydrogens (tertiary/aromatic N) is 2. The van der Waals surface area contributed by atoms with Crippen molar-refractivity contribution in [2.24, 2.45) is 0 Å². The van der Waals surface area contributed by atoms with Gasteiger partial charge in [0.1, 0.15) is 0 Å². The lowest BCUT2D eigenvalue weighted by Crippen LogP contribution is -2.04. The molecule has 2 rings (SSSR count). The Kier molecular flexibility index (Phi) is 3.60. The summed E-state index contributed by atoms with van der Waals surface area (Å²) in [5.74, 6) is 0.644. The predicted molar refractivity (Wildman–Crippen MR) is 76.3 cm³/mol. The molecule has 19 heavy (non-hydrogen) atoms. The summed E-state index contributed by atoms with van der Waals surface area (Å²) in [6.07, 6.45) is 1.19. The molecule has 0 spiro atoms. The molecule has 0 bridgehead atoms. The van der Waals surface area contributed by atoms with E-state index >= 15 is 0 Å². The molecule has 5 nitrogen and oxygen atoms in total. The first-order chi connectivity index (χ1) is 8.80. The van der Waals surface area contributed by atoms with Crippen LogP contribution in [0.3, 0.4) is 0 Å². The number of aromatic nitrogens is 3. The van der Waals surface area contributed by atoms with E-state index in [1.807, 2.05) is 24.5 Å². The molecule has 102 valence electrons. The van der Waals surface area contributed by atoms with Crippen LogP contribution < -0.4 is 0 Å². The van der Waals surface area contributed by atoms with Crippen LogP contribution in [0.4, 0.5) is 0 Å². The molecule has 0 radical (unpaired) electrons. The number of aromatic amines is 1. The third kappa shape index (κ3) is 2.76. The molecule has 0 saturated carbocycles. The van der Waals surface area contributed by atoms with Gasteiger partial charge in [-0.15, -0.1) is 0 Å². The molecule has 0 saturated heterocycles. The van der Waals surface area contributed by atoms with Crippen molar-refractivity contribution in [1.29, 1.82) is 0 Å². The van der Waals surface area contributed by atoms with Gasteiger partial charge in [0, 0.05) is 17.9 Å². The van der Waals surface area contributed by atoms with Gasteiger partial charge in [-0.05, 0) is 38.2 Å². The smallest absolute Gasteiger partial charge is 0.195 e. The molecule has 0 aliphatic heterocycles. The van der Waals surface area contributed by atoms with Gasteiger partial charge in [0.15, 0.2) is 20.4 Å². The number of hydrogen-bond acceptors (Lipinski definition) is 4. The van der Waals surface area contributed by atoms with Crippen molar-refractivity contribution in [1.82, 2.24) is 14.8 Å². The average molecular weight is 297 g/mol. The maximum Gasteiger partial charge on any atom is 0.195 e. The zero-order valence-electron chi connectivity index (χ0n) is 10.9. The van der Waals surface area contributed by atoms with Crippen LogP contribution in [0.25, 0.3) is 11.4 Å². The maximum absolute atomic E-state index is 11.6. The molecule has 1 aromatic heterocycles.